The lowest BCUT2D eigenvalue weighted by Crippen LogP contribution is -2.39. The van der Waals surface area contributed by atoms with Crippen LogP contribution in [0.5, 0.6) is 0 Å². The Bertz CT molecular complexity index is 771. The van der Waals surface area contributed by atoms with Crippen molar-refractivity contribution in [3.8, 4) is 0 Å². The zero-order valence-electron chi connectivity index (χ0n) is 13.7. The van der Waals surface area contributed by atoms with E-state index in [-0.39, 0.29) is 17.6 Å². The Morgan fingerprint density at radius 2 is 1.83 bits per heavy atom. The summed E-state index contributed by atoms with van der Waals surface area (Å²) in [5.74, 6) is -0.130. The number of nitro benzene ring substituents is 1. The highest BCUT2D eigenvalue weighted by atomic mass is 16.6. The van der Waals surface area contributed by atoms with E-state index in [1.807, 2.05) is 32.3 Å². The SMILES string of the molecule is CN(C)[C@@H]1CCN(C(=O)c2ccc([N+](=O)[O-])cc2)c2ccccc21. The van der Waals surface area contributed by atoms with Gasteiger partial charge < -0.3 is 9.80 Å². The molecule has 6 nitrogen and oxygen atoms in total. The summed E-state index contributed by atoms with van der Waals surface area (Å²) in [5.41, 5.74) is 2.48. The van der Waals surface area contributed by atoms with Crippen molar-refractivity contribution in [2.75, 3.05) is 25.5 Å². The van der Waals surface area contributed by atoms with Crippen LogP contribution in [-0.2, 0) is 0 Å². The fourth-order valence-corrected chi connectivity index (χ4v) is 3.17. The van der Waals surface area contributed by atoms with Crippen LogP contribution >= 0.6 is 0 Å². The number of carbonyl (C=O) groups is 1. The van der Waals surface area contributed by atoms with E-state index < -0.39 is 4.92 Å². The molecular formula is C18H19N3O3. The lowest BCUT2D eigenvalue weighted by Gasteiger charge is -2.37. The Morgan fingerprint density at radius 1 is 1.17 bits per heavy atom. The number of rotatable bonds is 3. The summed E-state index contributed by atoms with van der Waals surface area (Å²) >= 11 is 0. The monoisotopic (exact) mass is 325 g/mol. The number of nitro groups is 1. The molecule has 0 N–H and O–H groups in total. The van der Waals surface area contributed by atoms with Crippen molar-refractivity contribution in [1.82, 2.24) is 4.90 Å². The molecule has 1 amide bonds. The van der Waals surface area contributed by atoms with Gasteiger partial charge in [-0.1, -0.05) is 18.2 Å². The van der Waals surface area contributed by atoms with Gasteiger partial charge >= 0.3 is 0 Å². The Kier molecular flexibility index (Phi) is 4.31. The van der Waals surface area contributed by atoms with E-state index in [0.29, 0.717) is 12.1 Å². The molecule has 0 radical (unpaired) electrons. The number of benzene rings is 2. The number of fused-ring (bicyclic) bond motifs is 1. The Balaban J connectivity index is 1.93. The van der Waals surface area contributed by atoms with E-state index in [4.69, 9.17) is 0 Å². The fourth-order valence-electron chi connectivity index (χ4n) is 3.17. The van der Waals surface area contributed by atoms with Gasteiger partial charge in [0.2, 0.25) is 0 Å². The average Bonchev–Trinajstić information content (AvgIpc) is 2.60. The minimum absolute atomic E-state index is 0.0155. The summed E-state index contributed by atoms with van der Waals surface area (Å²) in [4.78, 5) is 27.1. The van der Waals surface area contributed by atoms with Crippen LogP contribution in [0.1, 0.15) is 28.4 Å². The van der Waals surface area contributed by atoms with Crippen molar-refractivity contribution in [3.05, 3.63) is 69.8 Å². The van der Waals surface area contributed by atoms with E-state index >= 15 is 0 Å². The van der Waals surface area contributed by atoms with Gasteiger partial charge in [-0.05, 0) is 44.3 Å². The lowest BCUT2D eigenvalue weighted by atomic mass is 9.95. The molecule has 0 bridgehead atoms. The highest BCUT2D eigenvalue weighted by Gasteiger charge is 2.30. The highest BCUT2D eigenvalue weighted by Crippen LogP contribution is 2.36. The van der Waals surface area contributed by atoms with E-state index in [0.717, 1.165) is 17.7 Å². The summed E-state index contributed by atoms with van der Waals surface area (Å²) in [6, 6.07) is 14.0. The van der Waals surface area contributed by atoms with Gasteiger partial charge in [0.25, 0.3) is 11.6 Å². The van der Waals surface area contributed by atoms with Crippen LogP contribution in [0.25, 0.3) is 0 Å². The summed E-state index contributed by atoms with van der Waals surface area (Å²) in [6.45, 7) is 0.621. The van der Waals surface area contributed by atoms with Gasteiger partial charge in [0, 0.05) is 36.0 Å². The van der Waals surface area contributed by atoms with Gasteiger partial charge in [-0.3, -0.25) is 14.9 Å². The number of amides is 1. The molecule has 24 heavy (non-hydrogen) atoms. The van der Waals surface area contributed by atoms with E-state index in [1.54, 1.807) is 4.90 Å². The van der Waals surface area contributed by atoms with Gasteiger partial charge in [0.15, 0.2) is 0 Å². The molecule has 1 aliphatic rings. The molecule has 1 aliphatic heterocycles. The molecule has 2 aromatic carbocycles. The van der Waals surface area contributed by atoms with Gasteiger partial charge in [-0.15, -0.1) is 0 Å². The van der Waals surface area contributed by atoms with Crippen molar-refractivity contribution < 1.29 is 9.72 Å². The molecule has 0 spiro atoms. The van der Waals surface area contributed by atoms with E-state index in [9.17, 15) is 14.9 Å². The maximum absolute atomic E-state index is 12.9. The van der Waals surface area contributed by atoms with Gasteiger partial charge in [-0.25, -0.2) is 0 Å². The smallest absolute Gasteiger partial charge is 0.269 e. The summed E-state index contributed by atoms with van der Waals surface area (Å²) in [5, 5.41) is 10.8. The van der Waals surface area contributed by atoms with Crippen LogP contribution in [-0.4, -0.2) is 36.4 Å². The third-order valence-electron chi connectivity index (χ3n) is 4.41. The minimum Gasteiger partial charge on any atom is -0.308 e. The predicted octanol–water partition coefficient (Wildman–Crippen LogP) is 3.25. The zero-order valence-corrected chi connectivity index (χ0v) is 13.7. The average molecular weight is 325 g/mol. The number of hydrogen-bond acceptors (Lipinski definition) is 4. The fraction of sp³-hybridized carbons (Fsp3) is 0.278. The molecule has 0 aromatic heterocycles. The lowest BCUT2D eigenvalue weighted by molar-refractivity contribution is -0.384. The first-order valence-corrected chi connectivity index (χ1v) is 7.80. The first kappa shape index (κ1) is 16.1. The minimum atomic E-state index is -0.466. The second kappa shape index (κ2) is 6.41. The van der Waals surface area contributed by atoms with Crippen LogP contribution in [0.4, 0.5) is 11.4 Å². The molecule has 0 unspecified atom stereocenters. The van der Waals surface area contributed by atoms with Crippen LogP contribution in [0, 0.1) is 10.1 Å². The van der Waals surface area contributed by atoms with Crippen LogP contribution in [0.3, 0.4) is 0 Å². The van der Waals surface area contributed by atoms with Gasteiger partial charge in [0.1, 0.15) is 0 Å². The number of nitrogens with zero attached hydrogens (tertiary/aromatic N) is 3. The molecule has 6 heteroatoms. The van der Waals surface area contributed by atoms with E-state index in [2.05, 4.69) is 11.0 Å². The maximum Gasteiger partial charge on any atom is 0.269 e. The van der Waals surface area contributed by atoms with Gasteiger partial charge in [-0.2, -0.15) is 0 Å². The second-order valence-corrected chi connectivity index (χ2v) is 6.09. The van der Waals surface area contributed by atoms with Crippen molar-refractivity contribution in [1.29, 1.82) is 0 Å². The molecule has 0 saturated heterocycles. The van der Waals surface area contributed by atoms with Crippen molar-refractivity contribution in [3.63, 3.8) is 0 Å². The number of carbonyl (C=O) groups excluding carboxylic acids is 1. The highest BCUT2D eigenvalue weighted by molar-refractivity contribution is 6.06. The molecule has 0 aliphatic carbocycles. The first-order valence-electron chi connectivity index (χ1n) is 7.80. The van der Waals surface area contributed by atoms with Crippen LogP contribution in [0.2, 0.25) is 0 Å². The number of non-ortho nitro benzene ring substituents is 1. The Morgan fingerprint density at radius 3 is 2.46 bits per heavy atom. The summed E-state index contributed by atoms with van der Waals surface area (Å²) in [7, 11) is 4.07. The van der Waals surface area contributed by atoms with E-state index in [1.165, 1.54) is 24.3 Å². The molecule has 124 valence electrons. The third kappa shape index (κ3) is 2.88. The molecule has 0 saturated carbocycles. The summed E-state index contributed by atoms with van der Waals surface area (Å²) in [6.07, 6.45) is 0.850. The topological polar surface area (TPSA) is 66.7 Å². The molecule has 2 aromatic rings. The second-order valence-electron chi connectivity index (χ2n) is 6.09. The Labute approximate surface area is 140 Å². The normalized spacial score (nSPS) is 16.8. The standard InChI is InChI=1S/C18H19N3O3/c1-19(2)16-11-12-20(17-6-4-3-5-15(16)17)18(22)13-7-9-14(10-8-13)21(23)24/h3-10,16H,11-12H2,1-2H3/t16-/m1/s1. The molecular weight excluding hydrogens is 306 g/mol. The Hall–Kier alpha value is -2.73. The molecule has 1 atom stereocenters. The quantitative estimate of drug-likeness (QED) is 0.642. The van der Waals surface area contributed by atoms with Crippen molar-refractivity contribution in [2.45, 2.75) is 12.5 Å². The third-order valence-corrected chi connectivity index (χ3v) is 4.41. The maximum atomic E-state index is 12.9. The first-order chi connectivity index (χ1) is 11.5. The summed E-state index contributed by atoms with van der Waals surface area (Å²) < 4.78 is 0. The van der Waals surface area contributed by atoms with Gasteiger partial charge in [0.05, 0.1) is 4.92 Å². The van der Waals surface area contributed by atoms with Crippen LogP contribution in [0.15, 0.2) is 48.5 Å². The zero-order chi connectivity index (χ0) is 17.3. The number of hydrogen-bond donors (Lipinski definition) is 0. The molecule has 1 heterocycles. The van der Waals surface area contributed by atoms with Crippen LogP contribution < -0.4 is 4.90 Å². The molecule has 3 rings (SSSR count). The number of para-hydroxylation sites is 1. The number of anilines is 1. The largest absolute Gasteiger partial charge is 0.308 e. The predicted molar refractivity (Wildman–Crippen MR) is 92.3 cm³/mol. The van der Waals surface area contributed by atoms with Crippen molar-refractivity contribution >= 4 is 17.3 Å². The van der Waals surface area contributed by atoms with Crippen molar-refractivity contribution in [2.24, 2.45) is 0 Å². The molecule has 0 fully saturated rings.